The smallest absolute Gasteiger partial charge is 0.430 e. The van der Waals surface area contributed by atoms with Crippen LogP contribution in [0.1, 0.15) is 0 Å². The zero-order chi connectivity index (χ0) is 13.4. The van der Waals surface area contributed by atoms with Gasteiger partial charge in [0.15, 0.2) is 0 Å². The SMILES string of the molecule is COc1ccc(OC(=O)C2(C(F)(F)F)CO2)cc1. The van der Waals surface area contributed by atoms with Gasteiger partial charge in [-0.25, -0.2) is 4.79 Å². The molecule has 1 saturated heterocycles. The lowest BCUT2D eigenvalue weighted by Crippen LogP contribution is -2.43. The molecule has 0 spiro atoms. The van der Waals surface area contributed by atoms with Gasteiger partial charge >= 0.3 is 12.1 Å². The average molecular weight is 262 g/mol. The summed E-state index contributed by atoms with van der Waals surface area (Å²) in [5.74, 6) is -0.955. The molecule has 1 aromatic carbocycles. The van der Waals surface area contributed by atoms with Crippen LogP contribution in [0.5, 0.6) is 11.5 Å². The van der Waals surface area contributed by atoms with Crippen molar-refractivity contribution in [3.05, 3.63) is 24.3 Å². The molecule has 0 bridgehead atoms. The van der Waals surface area contributed by atoms with Crippen molar-refractivity contribution in [3.8, 4) is 11.5 Å². The monoisotopic (exact) mass is 262 g/mol. The Balaban J connectivity index is 2.08. The van der Waals surface area contributed by atoms with Crippen LogP contribution in [0.3, 0.4) is 0 Å². The van der Waals surface area contributed by atoms with Crippen molar-refractivity contribution >= 4 is 5.97 Å². The molecule has 1 unspecified atom stereocenters. The highest BCUT2D eigenvalue weighted by atomic mass is 19.4. The molecule has 0 radical (unpaired) electrons. The molecule has 1 heterocycles. The van der Waals surface area contributed by atoms with E-state index < -0.39 is 24.4 Å². The van der Waals surface area contributed by atoms with Crippen molar-refractivity contribution in [2.45, 2.75) is 11.8 Å². The topological polar surface area (TPSA) is 48.1 Å². The zero-order valence-corrected chi connectivity index (χ0v) is 9.28. The molecule has 0 N–H and O–H groups in total. The zero-order valence-electron chi connectivity index (χ0n) is 9.28. The number of benzene rings is 1. The van der Waals surface area contributed by atoms with Crippen LogP contribution in [0, 0.1) is 0 Å². The minimum absolute atomic E-state index is 0.0000694. The van der Waals surface area contributed by atoms with Gasteiger partial charge in [0.25, 0.3) is 5.60 Å². The molecule has 1 atom stereocenters. The number of esters is 1. The Bertz CT molecular complexity index is 448. The number of methoxy groups -OCH3 is 1. The van der Waals surface area contributed by atoms with Crippen LogP contribution >= 0.6 is 0 Å². The second-order valence-corrected chi connectivity index (χ2v) is 3.68. The quantitative estimate of drug-likeness (QED) is 0.474. The van der Waals surface area contributed by atoms with E-state index in [0.29, 0.717) is 5.75 Å². The number of alkyl halides is 3. The van der Waals surface area contributed by atoms with Gasteiger partial charge in [0.1, 0.15) is 11.5 Å². The van der Waals surface area contributed by atoms with E-state index in [1.165, 1.54) is 31.4 Å². The highest BCUT2D eigenvalue weighted by Crippen LogP contribution is 2.44. The maximum atomic E-state index is 12.5. The standard InChI is InChI=1S/C11H9F3O4/c1-16-7-2-4-8(5-3-7)18-9(15)10(6-17-10)11(12,13)14/h2-5H,6H2,1H3. The van der Waals surface area contributed by atoms with Crippen LogP contribution in [0.25, 0.3) is 0 Å². The molecule has 1 aliphatic rings. The van der Waals surface area contributed by atoms with Crippen LogP contribution in [-0.4, -0.2) is 31.5 Å². The summed E-state index contributed by atoms with van der Waals surface area (Å²) in [5, 5.41) is 0. The third kappa shape index (κ3) is 2.13. The summed E-state index contributed by atoms with van der Waals surface area (Å²) in [6.07, 6.45) is -4.77. The first-order chi connectivity index (χ1) is 8.39. The predicted octanol–water partition coefficient (Wildman–Crippen LogP) is 1.93. The van der Waals surface area contributed by atoms with E-state index in [0.717, 1.165) is 0 Å². The fraction of sp³-hybridized carbons (Fsp3) is 0.364. The van der Waals surface area contributed by atoms with Crippen LogP contribution < -0.4 is 9.47 Å². The van der Waals surface area contributed by atoms with Crippen molar-refractivity contribution in [1.29, 1.82) is 0 Å². The van der Waals surface area contributed by atoms with Gasteiger partial charge in [-0.2, -0.15) is 13.2 Å². The van der Waals surface area contributed by atoms with E-state index >= 15 is 0 Å². The molecule has 98 valence electrons. The second kappa shape index (κ2) is 4.16. The molecule has 0 amide bonds. The number of rotatable bonds is 3. The first-order valence-corrected chi connectivity index (χ1v) is 4.96. The van der Waals surface area contributed by atoms with Gasteiger partial charge in [0.2, 0.25) is 0 Å². The highest BCUT2D eigenvalue weighted by molar-refractivity contribution is 5.85. The molecular weight excluding hydrogens is 253 g/mol. The van der Waals surface area contributed by atoms with E-state index in [-0.39, 0.29) is 5.75 Å². The number of ether oxygens (including phenoxy) is 3. The fourth-order valence-electron chi connectivity index (χ4n) is 1.30. The Morgan fingerprint density at radius 2 is 1.78 bits per heavy atom. The van der Waals surface area contributed by atoms with Crippen molar-refractivity contribution in [2.75, 3.05) is 13.7 Å². The number of hydrogen-bond donors (Lipinski definition) is 0. The van der Waals surface area contributed by atoms with Gasteiger partial charge in [0, 0.05) is 0 Å². The van der Waals surface area contributed by atoms with Gasteiger partial charge in [0.05, 0.1) is 13.7 Å². The maximum absolute atomic E-state index is 12.5. The second-order valence-electron chi connectivity index (χ2n) is 3.68. The number of epoxide rings is 1. The largest absolute Gasteiger partial charge is 0.497 e. The third-order valence-electron chi connectivity index (χ3n) is 2.49. The Labute approximate surface area is 100 Å². The van der Waals surface area contributed by atoms with Crippen LogP contribution in [0.15, 0.2) is 24.3 Å². The molecule has 2 rings (SSSR count). The summed E-state index contributed by atoms with van der Waals surface area (Å²) in [4.78, 5) is 11.4. The lowest BCUT2D eigenvalue weighted by molar-refractivity contribution is -0.198. The van der Waals surface area contributed by atoms with Crippen LogP contribution in [-0.2, 0) is 9.53 Å². The molecule has 7 heteroatoms. The summed E-state index contributed by atoms with van der Waals surface area (Å²) < 4.78 is 51.3. The Morgan fingerprint density at radius 3 is 2.17 bits per heavy atom. The molecule has 4 nitrogen and oxygen atoms in total. The summed E-state index contributed by atoms with van der Waals surface area (Å²) in [5.41, 5.74) is -2.80. The van der Waals surface area contributed by atoms with E-state index in [4.69, 9.17) is 4.74 Å². The first-order valence-electron chi connectivity index (χ1n) is 4.96. The van der Waals surface area contributed by atoms with E-state index in [1.54, 1.807) is 0 Å². The van der Waals surface area contributed by atoms with Crippen LogP contribution in [0.2, 0.25) is 0 Å². The van der Waals surface area contributed by atoms with Crippen LogP contribution in [0.4, 0.5) is 13.2 Å². The minimum atomic E-state index is -4.77. The Kier molecular flexibility index (Phi) is 2.94. The van der Waals surface area contributed by atoms with E-state index in [2.05, 4.69) is 9.47 Å². The van der Waals surface area contributed by atoms with Gasteiger partial charge in [-0.3, -0.25) is 0 Å². The van der Waals surface area contributed by atoms with Crippen molar-refractivity contribution in [3.63, 3.8) is 0 Å². The van der Waals surface area contributed by atoms with Gasteiger partial charge in [-0.15, -0.1) is 0 Å². The summed E-state index contributed by atoms with van der Waals surface area (Å²) in [7, 11) is 1.44. The molecule has 1 aromatic rings. The van der Waals surface area contributed by atoms with E-state index in [1.807, 2.05) is 0 Å². The normalized spacial score (nSPS) is 22.4. The third-order valence-corrected chi connectivity index (χ3v) is 2.49. The van der Waals surface area contributed by atoms with Crippen molar-refractivity contribution in [2.24, 2.45) is 0 Å². The Morgan fingerprint density at radius 1 is 1.28 bits per heavy atom. The average Bonchev–Trinajstić information content (AvgIpc) is 3.10. The summed E-state index contributed by atoms with van der Waals surface area (Å²) in [6.45, 7) is -0.703. The molecule has 0 aliphatic carbocycles. The molecule has 0 saturated carbocycles. The minimum Gasteiger partial charge on any atom is -0.497 e. The predicted molar refractivity (Wildman–Crippen MR) is 53.4 cm³/mol. The lowest BCUT2D eigenvalue weighted by Gasteiger charge is -2.14. The summed E-state index contributed by atoms with van der Waals surface area (Å²) >= 11 is 0. The lowest BCUT2D eigenvalue weighted by atomic mass is 10.1. The molecular formula is C11H9F3O4. The first kappa shape index (κ1) is 12.7. The molecule has 0 aromatic heterocycles. The Hall–Kier alpha value is -1.76. The summed E-state index contributed by atoms with van der Waals surface area (Å²) in [6, 6.07) is 5.61. The number of carbonyl (C=O) groups excluding carboxylic acids is 1. The molecule has 1 aliphatic heterocycles. The van der Waals surface area contributed by atoms with Gasteiger partial charge in [-0.1, -0.05) is 0 Å². The van der Waals surface area contributed by atoms with Crippen molar-refractivity contribution < 1.29 is 32.2 Å². The molecule has 1 fully saturated rings. The fourth-order valence-corrected chi connectivity index (χ4v) is 1.30. The van der Waals surface area contributed by atoms with E-state index in [9.17, 15) is 18.0 Å². The highest BCUT2D eigenvalue weighted by Gasteiger charge is 2.73. The van der Waals surface area contributed by atoms with Gasteiger partial charge in [-0.05, 0) is 24.3 Å². The van der Waals surface area contributed by atoms with Gasteiger partial charge < -0.3 is 14.2 Å². The number of hydrogen-bond acceptors (Lipinski definition) is 4. The molecule has 18 heavy (non-hydrogen) atoms. The number of halogens is 3. The van der Waals surface area contributed by atoms with Crippen molar-refractivity contribution in [1.82, 2.24) is 0 Å². The number of carbonyl (C=O) groups is 1. The maximum Gasteiger partial charge on any atom is 0.430 e.